The van der Waals surface area contributed by atoms with E-state index in [1.165, 1.54) is 0 Å². The second kappa shape index (κ2) is 5.81. The van der Waals surface area contributed by atoms with E-state index in [2.05, 4.69) is 0 Å². The van der Waals surface area contributed by atoms with Crippen molar-refractivity contribution in [3.8, 4) is 0 Å². The molecule has 8 heteroatoms. The normalized spacial score (nSPS) is 14.2. The predicted octanol–water partition coefficient (Wildman–Crippen LogP) is 4.97. The molecule has 0 aliphatic heterocycles. The molecule has 0 unspecified atom stereocenters. The van der Waals surface area contributed by atoms with Crippen molar-refractivity contribution in [3.05, 3.63) is 60.7 Å². The fourth-order valence-corrected chi connectivity index (χ4v) is 7.16. The molecule has 2 aromatic carbocycles. The van der Waals surface area contributed by atoms with Crippen molar-refractivity contribution in [2.45, 2.75) is 9.79 Å². The average molecular weight is 372 g/mol. The third-order valence-corrected chi connectivity index (χ3v) is 9.19. The van der Waals surface area contributed by atoms with E-state index < -0.39 is 9.44 Å². The van der Waals surface area contributed by atoms with Crippen molar-refractivity contribution >= 4 is 56.5 Å². The van der Waals surface area contributed by atoms with Gasteiger partial charge in [-0.1, -0.05) is 36.4 Å². The molecule has 20 heavy (non-hydrogen) atoms. The molecule has 0 bridgehead atoms. The Labute approximate surface area is 137 Å². The summed E-state index contributed by atoms with van der Waals surface area (Å²) >= 11 is 23.7. The molecule has 0 atom stereocenters. The third-order valence-electron chi connectivity index (χ3n) is 2.85. The van der Waals surface area contributed by atoms with Crippen LogP contribution in [0.2, 0.25) is 0 Å². The van der Waals surface area contributed by atoms with Crippen molar-refractivity contribution in [1.29, 1.82) is 0 Å². The maximum atomic E-state index is 13.9. The molecule has 0 amide bonds. The Balaban J connectivity index is 2.90. The first kappa shape index (κ1) is 16.0. The van der Waals surface area contributed by atoms with E-state index in [0.29, 0.717) is 6.69 Å². The van der Waals surface area contributed by atoms with Crippen molar-refractivity contribution in [2.75, 3.05) is 0 Å². The largest absolute Gasteiger partial charge is 0.240 e. The summed E-state index contributed by atoms with van der Waals surface area (Å²) < 4.78 is 14.9. The number of nitrogens with zero attached hydrogens (tertiary/aromatic N) is 2. The zero-order valence-corrected chi connectivity index (χ0v) is 13.8. The van der Waals surface area contributed by atoms with Crippen LogP contribution in [0.25, 0.3) is 0 Å². The van der Waals surface area contributed by atoms with E-state index in [9.17, 15) is 4.21 Å². The van der Waals surface area contributed by atoms with Crippen molar-refractivity contribution in [3.63, 3.8) is 0 Å². The Bertz CT molecular complexity index is 592. The van der Waals surface area contributed by atoms with Gasteiger partial charge in [-0.25, -0.2) is 4.21 Å². The minimum Gasteiger partial charge on any atom is -0.240 e. The zero-order valence-electron chi connectivity index (χ0n) is 10.00. The molecule has 2 aromatic rings. The SMILES string of the molecule is O=S(c1ccccc1)(c1ccccc1)(N(Cl)Cl)N(Cl)Cl. The molecule has 0 saturated carbocycles. The number of benzene rings is 2. The van der Waals surface area contributed by atoms with Crippen LogP contribution >= 0.6 is 47.1 Å². The van der Waals surface area contributed by atoms with Crippen molar-refractivity contribution in [2.24, 2.45) is 0 Å². The summed E-state index contributed by atoms with van der Waals surface area (Å²) in [5.74, 6) is 0. The lowest BCUT2D eigenvalue weighted by Gasteiger charge is -2.45. The van der Waals surface area contributed by atoms with Crippen LogP contribution in [0.3, 0.4) is 0 Å². The molecule has 0 radical (unpaired) electrons. The molecule has 0 aliphatic rings. The summed E-state index contributed by atoms with van der Waals surface area (Å²) in [7, 11) is -4.42. The number of hydrogen-bond donors (Lipinski definition) is 0. The van der Waals surface area contributed by atoms with Crippen molar-refractivity contribution in [1.82, 2.24) is 6.69 Å². The first-order chi connectivity index (χ1) is 9.42. The van der Waals surface area contributed by atoms with E-state index in [1.54, 1.807) is 60.7 Å². The molecule has 0 N–H and O–H groups in total. The molecule has 108 valence electrons. The fraction of sp³-hybridized carbons (Fsp3) is 0. The van der Waals surface area contributed by atoms with Crippen LogP contribution in [-0.2, 0) is 9.44 Å². The first-order valence-electron chi connectivity index (χ1n) is 5.44. The van der Waals surface area contributed by atoms with Gasteiger partial charge >= 0.3 is 0 Å². The Morgan fingerprint density at radius 2 is 0.950 bits per heavy atom. The molecule has 0 heterocycles. The van der Waals surface area contributed by atoms with Gasteiger partial charge in [-0.2, -0.15) is 0 Å². The maximum Gasteiger partial charge on any atom is 0.104 e. The van der Waals surface area contributed by atoms with E-state index in [1.807, 2.05) is 0 Å². The second-order valence-electron chi connectivity index (χ2n) is 3.89. The average Bonchev–Trinajstić information content (AvgIpc) is 2.48. The van der Waals surface area contributed by atoms with Gasteiger partial charge in [0.1, 0.15) is 9.44 Å². The highest BCUT2D eigenvalue weighted by Crippen LogP contribution is 2.53. The first-order valence-corrected chi connectivity index (χ1v) is 8.67. The van der Waals surface area contributed by atoms with Gasteiger partial charge in [-0.3, -0.25) is 0 Å². The summed E-state index contributed by atoms with van der Waals surface area (Å²) in [5.41, 5.74) is 0. The standard InChI is InChI=1S/C12H10Cl4N2OS/c13-17(14)20(19,18(15)16,11-7-3-1-4-8-11)12-9-5-2-6-10-12/h1-10H. The minimum absolute atomic E-state index is 0.283. The predicted molar refractivity (Wildman–Crippen MR) is 84.6 cm³/mol. The van der Waals surface area contributed by atoms with Gasteiger partial charge in [0.05, 0.1) is 9.79 Å². The molecular formula is C12H10Cl4N2OS. The quantitative estimate of drug-likeness (QED) is 0.695. The summed E-state index contributed by atoms with van der Waals surface area (Å²) in [5, 5.41) is 0. The number of halogens is 4. The molecule has 0 aliphatic carbocycles. The second-order valence-corrected chi connectivity index (χ2v) is 9.80. The van der Waals surface area contributed by atoms with Crippen LogP contribution in [0.4, 0.5) is 0 Å². The Morgan fingerprint density at radius 3 is 1.20 bits per heavy atom. The topological polar surface area (TPSA) is 23.6 Å². The zero-order chi connectivity index (χ0) is 14.8. The molecule has 0 spiro atoms. The summed E-state index contributed by atoms with van der Waals surface area (Å²) in [4.78, 5) is 0.566. The highest BCUT2D eigenvalue weighted by atomic mass is 35.6. The Kier molecular flexibility index (Phi) is 4.66. The summed E-state index contributed by atoms with van der Waals surface area (Å²) in [6.07, 6.45) is 0. The fourth-order valence-electron chi connectivity index (χ4n) is 1.83. The van der Waals surface area contributed by atoms with Crippen LogP contribution < -0.4 is 0 Å². The van der Waals surface area contributed by atoms with Gasteiger partial charge < -0.3 is 0 Å². The molecule has 0 saturated heterocycles. The summed E-state index contributed by atoms with van der Waals surface area (Å²) in [6.45, 7) is 0. The highest BCUT2D eigenvalue weighted by molar-refractivity contribution is 8.18. The van der Waals surface area contributed by atoms with Crippen LogP contribution in [0.1, 0.15) is 0 Å². The van der Waals surface area contributed by atoms with Crippen molar-refractivity contribution < 1.29 is 4.21 Å². The van der Waals surface area contributed by atoms with Crippen LogP contribution in [0, 0.1) is 0 Å². The van der Waals surface area contributed by atoms with Crippen LogP contribution in [0.15, 0.2) is 70.5 Å². The van der Waals surface area contributed by atoms with E-state index in [-0.39, 0.29) is 9.79 Å². The number of rotatable bonds is 4. The molecule has 2 rings (SSSR count). The lowest BCUT2D eigenvalue weighted by atomic mass is 10.4. The third kappa shape index (κ3) is 2.16. The lowest BCUT2D eigenvalue weighted by molar-refractivity contribution is 0.615. The van der Waals surface area contributed by atoms with Crippen LogP contribution in [0.5, 0.6) is 0 Å². The lowest BCUT2D eigenvalue weighted by Crippen LogP contribution is -2.48. The monoisotopic (exact) mass is 370 g/mol. The summed E-state index contributed by atoms with van der Waals surface area (Å²) in [6, 6.07) is 16.7. The smallest absolute Gasteiger partial charge is 0.104 e. The Morgan fingerprint density at radius 1 is 0.650 bits per heavy atom. The molecule has 3 nitrogen and oxygen atoms in total. The molecular weight excluding hydrogens is 362 g/mol. The maximum absolute atomic E-state index is 13.9. The number of hydrogen-bond acceptors (Lipinski definition) is 1. The highest BCUT2D eigenvalue weighted by Gasteiger charge is 2.51. The minimum atomic E-state index is -4.42. The molecule has 0 fully saturated rings. The van der Waals surface area contributed by atoms with Gasteiger partial charge in [0.2, 0.25) is 0 Å². The van der Waals surface area contributed by atoms with E-state index in [4.69, 9.17) is 47.1 Å². The van der Waals surface area contributed by atoms with Gasteiger partial charge in [0.25, 0.3) is 0 Å². The van der Waals surface area contributed by atoms with Gasteiger partial charge in [0.15, 0.2) is 0 Å². The van der Waals surface area contributed by atoms with E-state index in [0.717, 1.165) is 0 Å². The van der Waals surface area contributed by atoms with E-state index >= 15 is 0 Å². The van der Waals surface area contributed by atoms with Gasteiger partial charge in [-0.05, 0) is 31.0 Å². The van der Waals surface area contributed by atoms with Crippen LogP contribution in [-0.4, -0.2) is 10.9 Å². The van der Waals surface area contributed by atoms with Gasteiger partial charge in [0, 0.05) is 47.1 Å². The Hall–Kier alpha value is -0.330. The van der Waals surface area contributed by atoms with Gasteiger partial charge in [-0.15, -0.1) is 0 Å². The molecule has 0 aromatic heterocycles.